The molecule has 4 saturated carbocycles. The third-order valence-electron chi connectivity index (χ3n) is 15.1. The fourth-order valence-electron chi connectivity index (χ4n) is 11.3. The lowest BCUT2D eigenvalue weighted by Crippen LogP contribution is -2.48. The van der Waals surface area contributed by atoms with Crippen LogP contribution in [-0.2, 0) is 9.84 Å². The number of benzene rings is 3. The topological polar surface area (TPSA) is 45.5 Å². The Bertz CT molecular complexity index is 2130. The van der Waals surface area contributed by atoms with Gasteiger partial charge in [-0.15, -0.1) is 0 Å². The first kappa shape index (κ1) is 45.5. The molecule has 5 aliphatic carbocycles. The van der Waals surface area contributed by atoms with Gasteiger partial charge in [-0.3, -0.25) is 0 Å². The SMILES string of the molecule is COc1ccc(N(CCO[Si](C)(C)C(C)(C)C)c2ccc(/C=C/C3=C(Sc4c(C(C)C)cccc4C(C)C)C(=C/C#N)/CC(C)(C)C3)cc2)cc1C12CC3CC(CC(C3)C1)C2. The zero-order chi connectivity index (χ0) is 43.9. The third kappa shape index (κ3) is 9.85. The number of methoxy groups -OCH3 is 1. The summed E-state index contributed by atoms with van der Waals surface area (Å²) in [5.74, 6) is 4.46. The van der Waals surface area contributed by atoms with Gasteiger partial charge in [-0.25, -0.2) is 0 Å². The molecule has 3 aromatic rings. The normalized spacial score (nSPS) is 24.3. The second kappa shape index (κ2) is 17.9. The molecule has 4 fully saturated rings. The molecule has 326 valence electrons. The van der Waals surface area contributed by atoms with E-state index in [2.05, 4.69) is 159 Å². The van der Waals surface area contributed by atoms with Crippen molar-refractivity contribution in [2.75, 3.05) is 25.2 Å². The van der Waals surface area contributed by atoms with Gasteiger partial charge in [0.05, 0.1) is 19.8 Å². The summed E-state index contributed by atoms with van der Waals surface area (Å²) >= 11 is 1.89. The molecule has 5 aliphatic rings. The van der Waals surface area contributed by atoms with Gasteiger partial charge < -0.3 is 14.1 Å². The van der Waals surface area contributed by atoms with E-state index in [0.29, 0.717) is 18.4 Å². The van der Waals surface area contributed by atoms with Crippen molar-refractivity contribution in [3.8, 4) is 11.8 Å². The second-order valence-corrected chi connectivity index (χ2v) is 27.9. The summed E-state index contributed by atoms with van der Waals surface area (Å²) in [4.78, 5) is 5.08. The van der Waals surface area contributed by atoms with Crippen LogP contribution in [0.5, 0.6) is 5.75 Å². The van der Waals surface area contributed by atoms with E-state index < -0.39 is 8.32 Å². The second-order valence-electron chi connectivity index (χ2n) is 22.1. The average molecular weight is 855 g/mol. The summed E-state index contributed by atoms with van der Waals surface area (Å²) in [5.41, 5.74) is 10.5. The molecular weight excluding hydrogens is 781 g/mol. The Labute approximate surface area is 375 Å². The highest BCUT2D eigenvalue weighted by Gasteiger charge is 2.52. The predicted molar refractivity (Wildman–Crippen MR) is 263 cm³/mol. The van der Waals surface area contributed by atoms with Gasteiger partial charge in [0.1, 0.15) is 5.75 Å². The van der Waals surface area contributed by atoms with Crippen LogP contribution >= 0.6 is 11.8 Å². The van der Waals surface area contributed by atoms with Crippen molar-refractivity contribution in [1.29, 1.82) is 5.26 Å². The molecule has 0 atom stereocenters. The summed E-state index contributed by atoms with van der Waals surface area (Å²) < 4.78 is 13.0. The number of hydrogen-bond acceptors (Lipinski definition) is 5. The highest BCUT2D eigenvalue weighted by atomic mass is 32.2. The van der Waals surface area contributed by atoms with Gasteiger partial charge in [0.15, 0.2) is 8.32 Å². The minimum Gasteiger partial charge on any atom is -0.496 e. The lowest BCUT2D eigenvalue weighted by atomic mass is 9.48. The highest BCUT2D eigenvalue weighted by molar-refractivity contribution is 8.03. The Hall–Kier alpha value is -3.50. The first-order valence-electron chi connectivity index (χ1n) is 23.3. The van der Waals surface area contributed by atoms with Crippen LogP contribution in [0, 0.1) is 34.5 Å². The van der Waals surface area contributed by atoms with Gasteiger partial charge in [0.2, 0.25) is 0 Å². The molecule has 0 aromatic heterocycles. The van der Waals surface area contributed by atoms with Crippen LogP contribution in [-0.4, -0.2) is 28.6 Å². The Morgan fingerprint density at radius 2 is 1.44 bits per heavy atom. The number of ether oxygens (including phenoxy) is 1. The monoisotopic (exact) mass is 855 g/mol. The van der Waals surface area contributed by atoms with E-state index in [-0.39, 0.29) is 15.9 Å². The summed E-state index contributed by atoms with van der Waals surface area (Å²) in [6, 6.07) is 25.3. The molecular formula is C55H74N2O2SSi. The number of rotatable bonds is 14. The van der Waals surface area contributed by atoms with Crippen LogP contribution in [0.1, 0.15) is 148 Å². The van der Waals surface area contributed by atoms with E-state index in [4.69, 9.17) is 9.16 Å². The van der Waals surface area contributed by atoms with Crippen molar-refractivity contribution >= 4 is 37.5 Å². The summed E-state index contributed by atoms with van der Waals surface area (Å²) in [6.45, 7) is 27.0. The Balaban J connectivity index is 1.24. The zero-order valence-corrected chi connectivity index (χ0v) is 41.4. The minimum atomic E-state index is -1.94. The molecule has 0 radical (unpaired) electrons. The maximum atomic E-state index is 10.0. The quantitative estimate of drug-likeness (QED) is 0.119. The molecule has 0 saturated heterocycles. The first-order valence-corrected chi connectivity index (χ1v) is 27.1. The van der Waals surface area contributed by atoms with Gasteiger partial charge in [0, 0.05) is 39.4 Å². The molecule has 6 heteroatoms. The average Bonchev–Trinajstić information content (AvgIpc) is 3.18. The third-order valence-corrected chi connectivity index (χ3v) is 21.0. The maximum absolute atomic E-state index is 10.0. The van der Waals surface area contributed by atoms with Crippen LogP contribution in [0.25, 0.3) is 6.08 Å². The van der Waals surface area contributed by atoms with E-state index in [1.807, 2.05) is 18.9 Å². The van der Waals surface area contributed by atoms with Gasteiger partial charge in [-0.2, -0.15) is 5.26 Å². The van der Waals surface area contributed by atoms with Crippen LogP contribution in [0.15, 0.2) is 93.8 Å². The molecule has 61 heavy (non-hydrogen) atoms. The van der Waals surface area contributed by atoms with Crippen LogP contribution in [0.3, 0.4) is 0 Å². The largest absolute Gasteiger partial charge is 0.496 e. The molecule has 0 heterocycles. The van der Waals surface area contributed by atoms with Gasteiger partial charge >= 0.3 is 0 Å². The number of hydrogen-bond donors (Lipinski definition) is 0. The van der Waals surface area contributed by atoms with E-state index in [1.165, 1.54) is 87.5 Å². The molecule has 0 unspecified atom stereocenters. The number of anilines is 2. The maximum Gasteiger partial charge on any atom is 0.192 e. The molecule has 0 spiro atoms. The summed E-state index contributed by atoms with van der Waals surface area (Å²) in [6.07, 6.45) is 16.5. The van der Waals surface area contributed by atoms with Crippen molar-refractivity contribution in [1.82, 2.24) is 0 Å². The van der Waals surface area contributed by atoms with Crippen molar-refractivity contribution in [2.45, 2.75) is 154 Å². The van der Waals surface area contributed by atoms with Gasteiger partial charge in [-0.05, 0) is 168 Å². The number of nitriles is 1. The van der Waals surface area contributed by atoms with E-state index in [1.54, 1.807) is 6.08 Å². The molecule has 0 amide bonds. The van der Waals surface area contributed by atoms with Crippen molar-refractivity contribution in [3.05, 3.63) is 111 Å². The molecule has 0 N–H and O–H groups in total. The fourth-order valence-corrected chi connectivity index (χ4v) is 13.9. The number of nitrogens with zero attached hydrogens (tertiary/aromatic N) is 2. The standard InChI is InChI=1S/C55H74N2O2SSi/c1-37(2)47-14-13-15-48(38(3)4)52(47)60-51-43(35-54(8,9)36-44(51)24-25-56)19-16-39-17-20-45(21-18-39)57(26-27-59-61(11,12)53(5,6)7)46-22-23-50(58-10)49(31-46)55-32-40-28-41(33-55)30-42(29-40)34-55/h13-24,31,37-38,40-42H,26-30,32-36H2,1-12H3/b19-16+,44-24+. The molecule has 0 aliphatic heterocycles. The highest BCUT2D eigenvalue weighted by Crippen LogP contribution is 2.62. The Morgan fingerprint density at radius 1 is 0.852 bits per heavy atom. The van der Waals surface area contributed by atoms with Crippen molar-refractivity contribution in [2.24, 2.45) is 23.2 Å². The van der Waals surface area contributed by atoms with E-state index >= 15 is 0 Å². The zero-order valence-electron chi connectivity index (χ0n) is 39.6. The number of allylic oxidation sites excluding steroid dienone is 4. The summed E-state index contributed by atoms with van der Waals surface area (Å²) in [7, 11) is -0.0787. The molecule has 3 aromatic carbocycles. The van der Waals surface area contributed by atoms with Crippen molar-refractivity contribution in [3.63, 3.8) is 0 Å². The lowest BCUT2D eigenvalue weighted by Gasteiger charge is -2.57. The van der Waals surface area contributed by atoms with E-state index in [9.17, 15) is 5.26 Å². The Morgan fingerprint density at radius 3 is 1.98 bits per heavy atom. The molecule has 4 nitrogen and oxygen atoms in total. The van der Waals surface area contributed by atoms with E-state index in [0.717, 1.165) is 48.5 Å². The lowest BCUT2D eigenvalue weighted by molar-refractivity contribution is -0.00613. The number of thioether (sulfide) groups is 1. The fraction of sp³-hybridized carbons (Fsp3) is 0.545. The molecule has 8 rings (SSSR count). The summed E-state index contributed by atoms with van der Waals surface area (Å²) in [5, 5.41) is 10.2. The first-order chi connectivity index (χ1) is 28.8. The van der Waals surface area contributed by atoms with Crippen LogP contribution < -0.4 is 9.64 Å². The van der Waals surface area contributed by atoms with Crippen LogP contribution in [0.4, 0.5) is 11.4 Å². The minimum absolute atomic E-state index is 0.0507. The van der Waals surface area contributed by atoms with Gasteiger partial charge in [0.25, 0.3) is 0 Å². The van der Waals surface area contributed by atoms with Crippen LogP contribution in [0.2, 0.25) is 18.1 Å². The van der Waals surface area contributed by atoms with Crippen molar-refractivity contribution < 1.29 is 9.16 Å². The van der Waals surface area contributed by atoms with Gasteiger partial charge in [-0.1, -0.05) is 117 Å². The smallest absolute Gasteiger partial charge is 0.192 e. The molecule has 4 bridgehead atoms. The predicted octanol–water partition coefficient (Wildman–Crippen LogP) is 15.9. The Kier molecular flexibility index (Phi) is 13.4.